The highest BCUT2D eigenvalue weighted by Gasteiger charge is 2.07. The molecule has 18 heavy (non-hydrogen) atoms. The van der Waals surface area contributed by atoms with Crippen molar-refractivity contribution >= 4 is 40.9 Å². The third-order valence-electron chi connectivity index (χ3n) is 2.10. The lowest BCUT2D eigenvalue weighted by molar-refractivity contribution is -0.118. The minimum absolute atomic E-state index is 0.0848. The first kappa shape index (κ1) is 15.2. The van der Waals surface area contributed by atoms with Crippen LogP contribution in [0.5, 0.6) is 0 Å². The van der Waals surface area contributed by atoms with E-state index in [-0.39, 0.29) is 5.91 Å². The molecule has 0 saturated heterocycles. The molecule has 3 nitrogen and oxygen atoms in total. The van der Waals surface area contributed by atoms with Crippen LogP contribution in [0.15, 0.2) is 18.2 Å². The van der Waals surface area contributed by atoms with E-state index in [1.165, 1.54) is 11.8 Å². The van der Waals surface area contributed by atoms with Gasteiger partial charge in [-0.1, -0.05) is 29.3 Å². The molecule has 0 aliphatic carbocycles. The maximum Gasteiger partial charge on any atom is 0.230 e. The van der Waals surface area contributed by atoms with E-state index in [0.29, 0.717) is 34.5 Å². The van der Waals surface area contributed by atoms with Gasteiger partial charge in [0.2, 0.25) is 5.91 Å². The third-order valence-corrected chi connectivity index (χ3v) is 3.77. The van der Waals surface area contributed by atoms with Gasteiger partial charge < -0.3 is 5.32 Å². The molecule has 0 spiro atoms. The number of nitriles is 1. The van der Waals surface area contributed by atoms with Gasteiger partial charge >= 0.3 is 0 Å². The lowest BCUT2D eigenvalue weighted by atomic mass is 10.2. The first-order valence-corrected chi connectivity index (χ1v) is 7.20. The van der Waals surface area contributed by atoms with Gasteiger partial charge in [0, 0.05) is 22.3 Å². The second kappa shape index (κ2) is 8.25. The first-order chi connectivity index (χ1) is 8.65. The van der Waals surface area contributed by atoms with Gasteiger partial charge in [-0.2, -0.15) is 5.26 Å². The van der Waals surface area contributed by atoms with Gasteiger partial charge in [-0.15, -0.1) is 11.8 Å². The molecule has 1 aromatic carbocycles. The van der Waals surface area contributed by atoms with E-state index >= 15 is 0 Å². The van der Waals surface area contributed by atoms with Crippen LogP contribution in [0.25, 0.3) is 0 Å². The molecule has 1 N–H and O–H groups in total. The molecule has 6 heteroatoms. The summed E-state index contributed by atoms with van der Waals surface area (Å²) in [6.07, 6.45) is 0.326. The Bertz CT molecular complexity index is 440. The van der Waals surface area contributed by atoms with E-state index in [1.54, 1.807) is 18.2 Å². The van der Waals surface area contributed by atoms with Gasteiger partial charge in [0.1, 0.15) is 0 Å². The average molecular weight is 303 g/mol. The molecule has 0 aliphatic heterocycles. The summed E-state index contributed by atoms with van der Waals surface area (Å²) in [5, 5.41) is 12.2. The van der Waals surface area contributed by atoms with Gasteiger partial charge in [-0.3, -0.25) is 4.79 Å². The molecular formula is C12H12Cl2N2OS. The van der Waals surface area contributed by atoms with E-state index in [2.05, 4.69) is 5.32 Å². The van der Waals surface area contributed by atoms with E-state index in [0.717, 1.165) is 5.56 Å². The molecule has 0 fully saturated rings. The van der Waals surface area contributed by atoms with Gasteiger partial charge in [-0.25, -0.2) is 0 Å². The third kappa shape index (κ3) is 5.18. The lowest BCUT2D eigenvalue weighted by Gasteiger charge is -2.06. The Morgan fingerprint density at radius 2 is 2.06 bits per heavy atom. The Morgan fingerprint density at radius 1 is 1.39 bits per heavy atom. The van der Waals surface area contributed by atoms with Crippen LogP contribution >= 0.6 is 35.0 Å². The minimum atomic E-state index is -0.0848. The summed E-state index contributed by atoms with van der Waals surface area (Å²) in [6, 6.07) is 7.30. The maximum atomic E-state index is 11.4. The van der Waals surface area contributed by atoms with E-state index in [4.69, 9.17) is 28.5 Å². The highest BCUT2D eigenvalue weighted by atomic mass is 35.5. The Balaban J connectivity index is 2.34. The van der Waals surface area contributed by atoms with E-state index in [1.807, 2.05) is 6.07 Å². The van der Waals surface area contributed by atoms with Gasteiger partial charge in [0.25, 0.3) is 0 Å². The molecular weight excluding hydrogens is 291 g/mol. The van der Waals surface area contributed by atoms with Gasteiger partial charge in [0.05, 0.1) is 18.2 Å². The van der Waals surface area contributed by atoms with Crippen LogP contribution in [0.4, 0.5) is 0 Å². The summed E-state index contributed by atoms with van der Waals surface area (Å²) in [7, 11) is 0. The van der Waals surface area contributed by atoms with Crippen molar-refractivity contribution in [3.8, 4) is 6.07 Å². The number of amides is 1. The van der Waals surface area contributed by atoms with Crippen molar-refractivity contribution in [3.05, 3.63) is 33.8 Å². The molecule has 0 saturated carbocycles. The number of carbonyl (C=O) groups excluding carboxylic acids is 1. The molecule has 0 aromatic heterocycles. The number of thioether (sulfide) groups is 1. The zero-order valence-electron chi connectivity index (χ0n) is 9.58. The Kier molecular flexibility index (Phi) is 6.96. The van der Waals surface area contributed by atoms with Crippen LogP contribution < -0.4 is 5.32 Å². The highest BCUT2D eigenvalue weighted by molar-refractivity contribution is 7.99. The number of nitrogens with one attached hydrogen (secondary N) is 1. The fourth-order valence-electron chi connectivity index (χ4n) is 1.22. The van der Waals surface area contributed by atoms with Crippen LogP contribution in [0.3, 0.4) is 0 Å². The number of benzene rings is 1. The molecule has 96 valence electrons. The van der Waals surface area contributed by atoms with Crippen molar-refractivity contribution in [2.45, 2.75) is 12.2 Å². The summed E-state index contributed by atoms with van der Waals surface area (Å²) in [4.78, 5) is 11.4. The molecule has 0 radical (unpaired) electrons. The Morgan fingerprint density at radius 3 is 2.67 bits per heavy atom. The normalized spacial score (nSPS) is 9.83. The van der Waals surface area contributed by atoms with Gasteiger partial charge in [0.15, 0.2) is 0 Å². The number of hydrogen-bond donors (Lipinski definition) is 1. The van der Waals surface area contributed by atoms with Crippen molar-refractivity contribution in [1.82, 2.24) is 5.32 Å². The number of halogens is 2. The molecule has 0 aliphatic rings. The number of nitrogens with zero attached hydrogens (tertiary/aromatic N) is 1. The quantitative estimate of drug-likeness (QED) is 0.821. The zero-order chi connectivity index (χ0) is 13.4. The van der Waals surface area contributed by atoms with E-state index in [9.17, 15) is 4.79 Å². The zero-order valence-corrected chi connectivity index (χ0v) is 11.9. The summed E-state index contributed by atoms with van der Waals surface area (Å²) < 4.78 is 0. The Labute approximate surface area is 120 Å². The van der Waals surface area contributed by atoms with Crippen LogP contribution in [0.2, 0.25) is 10.0 Å². The standard InChI is InChI=1S/C12H12Cl2N2OS/c13-10-3-1-4-11(14)9(10)7-18-8-12(17)16-6-2-5-15/h1,3-4H,2,6-8H2,(H,16,17). The minimum Gasteiger partial charge on any atom is -0.354 e. The molecule has 0 heterocycles. The molecule has 1 rings (SSSR count). The van der Waals surface area contributed by atoms with Crippen LogP contribution in [-0.2, 0) is 10.5 Å². The van der Waals surface area contributed by atoms with Crippen molar-refractivity contribution in [2.75, 3.05) is 12.3 Å². The largest absolute Gasteiger partial charge is 0.354 e. The summed E-state index contributed by atoms with van der Waals surface area (Å²) in [5.74, 6) is 0.829. The fraction of sp³-hybridized carbons (Fsp3) is 0.333. The van der Waals surface area contributed by atoms with Crippen LogP contribution in [-0.4, -0.2) is 18.2 Å². The van der Waals surface area contributed by atoms with Crippen LogP contribution in [0.1, 0.15) is 12.0 Å². The SMILES string of the molecule is N#CCCNC(=O)CSCc1c(Cl)cccc1Cl. The topological polar surface area (TPSA) is 52.9 Å². The van der Waals surface area contributed by atoms with Crippen molar-refractivity contribution in [1.29, 1.82) is 5.26 Å². The first-order valence-electron chi connectivity index (χ1n) is 5.29. The second-order valence-electron chi connectivity index (χ2n) is 3.45. The maximum absolute atomic E-state index is 11.4. The van der Waals surface area contributed by atoms with Crippen molar-refractivity contribution in [3.63, 3.8) is 0 Å². The summed E-state index contributed by atoms with van der Waals surface area (Å²) in [6.45, 7) is 0.392. The number of rotatable bonds is 6. The van der Waals surface area contributed by atoms with Crippen LogP contribution in [0, 0.1) is 11.3 Å². The summed E-state index contributed by atoms with van der Waals surface area (Å²) >= 11 is 13.5. The van der Waals surface area contributed by atoms with Crippen molar-refractivity contribution in [2.24, 2.45) is 0 Å². The van der Waals surface area contributed by atoms with Gasteiger partial charge in [-0.05, 0) is 17.7 Å². The van der Waals surface area contributed by atoms with Crippen molar-refractivity contribution < 1.29 is 4.79 Å². The smallest absolute Gasteiger partial charge is 0.230 e. The average Bonchev–Trinajstić information content (AvgIpc) is 2.33. The monoisotopic (exact) mass is 302 g/mol. The molecule has 0 unspecified atom stereocenters. The molecule has 1 aromatic rings. The molecule has 0 atom stereocenters. The lowest BCUT2D eigenvalue weighted by Crippen LogP contribution is -2.25. The highest BCUT2D eigenvalue weighted by Crippen LogP contribution is 2.27. The Hall–Kier alpha value is -0.890. The predicted octanol–water partition coefficient (Wildman–Crippen LogP) is 3.26. The predicted molar refractivity (Wildman–Crippen MR) is 75.9 cm³/mol. The fourth-order valence-corrected chi connectivity index (χ4v) is 2.82. The molecule has 0 bridgehead atoms. The van der Waals surface area contributed by atoms with E-state index < -0.39 is 0 Å². The summed E-state index contributed by atoms with van der Waals surface area (Å²) in [5.41, 5.74) is 0.843. The second-order valence-corrected chi connectivity index (χ2v) is 5.25. The number of hydrogen-bond acceptors (Lipinski definition) is 3. The number of carbonyl (C=O) groups is 1. The molecule has 1 amide bonds.